The molecule has 0 spiro atoms. The van der Waals surface area contributed by atoms with Gasteiger partial charge >= 0.3 is 0 Å². The number of aromatic nitrogens is 3. The predicted octanol–water partition coefficient (Wildman–Crippen LogP) is 4.69. The van der Waals surface area contributed by atoms with Crippen molar-refractivity contribution in [3.05, 3.63) is 57.6 Å². The molecule has 0 aliphatic heterocycles. The maximum Gasteiger partial charge on any atom is 0.216 e. The van der Waals surface area contributed by atoms with Crippen LogP contribution in [0.4, 0.5) is 4.39 Å². The minimum Gasteiger partial charge on any atom is -0.493 e. The van der Waals surface area contributed by atoms with Gasteiger partial charge in [0.15, 0.2) is 17.3 Å². The van der Waals surface area contributed by atoms with Crippen LogP contribution < -0.4 is 9.47 Å². The minimum atomic E-state index is -0.422. The predicted molar refractivity (Wildman–Crippen MR) is 105 cm³/mol. The second kappa shape index (κ2) is 8.32. The SMILES string of the molecule is CCOc1c(Cl)cc(/C=N\n2c(-c3ccccc3F)n[nH]c2=S)cc1OC. The van der Waals surface area contributed by atoms with Crippen molar-refractivity contribution in [2.75, 3.05) is 13.7 Å². The third-order valence-corrected chi connectivity index (χ3v) is 4.17. The number of halogens is 2. The average molecular weight is 407 g/mol. The lowest BCUT2D eigenvalue weighted by molar-refractivity contribution is 0.311. The van der Waals surface area contributed by atoms with Crippen molar-refractivity contribution in [2.24, 2.45) is 5.10 Å². The van der Waals surface area contributed by atoms with Gasteiger partial charge in [-0.25, -0.2) is 9.49 Å². The maximum atomic E-state index is 14.1. The van der Waals surface area contributed by atoms with Gasteiger partial charge in [-0.15, -0.1) is 0 Å². The van der Waals surface area contributed by atoms with Gasteiger partial charge in [-0.3, -0.25) is 0 Å². The molecule has 0 saturated carbocycles. The minimum absolute atomic E-state index is 0.230. The highest BCUT2D eigenvalue weighted by atomic mass is 35.5. The Bertz CT molecular complexity index is 1050. The molecular weight excluding hydrogens is 391 g/mol. The number of nitrogens with one attached hydrogen (secondary N) is 1. The molecule has 3 rings (SSSR count). The smallest absolute Gasteiger partial charge is 0.216 e. The van der Waals surface area contributed by atoms with E-state index in [2.05, 4.69) is 15.3 Å². The number of methoxy groups -OCH3 is 1. The summed E-state index contributed by atoms with van der Waals surface area (Å²) in [6.07, 6.45) is 1.53. The molecule has 0 aliphatic rings. The van der Waals surface area contributed by atoms with Crippen LogP contribution in [0.25, 0.3) is 11.4 Å². The van der Waals surface area contributed by atoms with Gasteiger partial charge in [0.1, 0.15) is 5.82 Å². The highest BCUT2D eigenvalue weighted by Gasteiger charge is 2.13. The van der Waals surface area contributed by atoms with Crippen LogP contribution >= 0.6 is 23.8 Å². The molecular formula is C18H16ClFN4O2S. The largest absolute Gasteiger partial charge is 0.493 e. The van der Waals surface area contributed by atoms with E-state index in [1.165, 1.54) is 24.1 Å². The quantitative estimate of drug-likeness (QED) is 0.476. The van der Waals surface area contributed by atoms with E-state index in [1.54, 1.807) is 30.3 Å². The second-order valence-electron chi connectivity index (χ2n) is 5.36. The fourth-order valence-corrected chi connectivity index (χ4v) is 2.89. The molecule has 140 valence electrons. The molecule has 1 aromatic heterocycles. The van der Waals surface area contributed by atoms with Gasteiger partial charge in [-0.1, -0.05) is 23.7 Å². The first-order valence-electron chi connectivity index (χ1n) is 8.02. The number of benzene rings is 2. The van der Waals surface area contributed by atoms with Crippen molar-refractivity contribution >= 4 is 30.0 Å². The zero-order valence-corrected chi connectivity index (χ0v) is 16.1. The Kier molecular flexibility index (Phi) is 5.88. The third-order valence-electron chi connectivity index (χ3n) is 3.63. The van der Waals surface area contributed by atoms with Crippen LogP contribution in [0.3, 0.4) is 0 Å². The molecule has 1 heterocycles. The first-order valence-corrected chi connectivity index (χ1v) is 8.80. The molecule has 6 nitrogen and oxygen atoms in total. The molecule has 1 N–H and O–H groups in total. The van der Waals surface area contributed by atoms with Crippen molar-refractivity contribution in [1.29, 1.82) is 0 Å². The summed E-state index contributed by atoms with van der Waals surface area (Å²) in [5.74, 6) is 0.786. The van der Waals surface area contributed by atoms with Gasteiger partial charge in [-0.05, 0) is 49.0 Å². The van der Waals surface area contributed by atoms with Crippen molar-refractivity contribution in [1.82, 2.24) is 14.9 Å². The number of nitrogens with zero attached hydrogens (tertiary/aromatic N) is 3. The molecule has 0 fully saturated rings. The molecule has 2 aromatic carbocycles. The molecule has 27 heavy (non-hydrogen) atoms. The van der Waals surface area contributed by atoms with Crippen molar-refractivity contribution in [2.45, 2.75) is 6.92 Å². The number of hydrogen-bond donors (Lipinski definition) is 1. The molecule has 0 amide bonds. The van der Waals surface area contributed by atoms with Gasteiger partial charge in [-0.2, -0.15) is 14.9 Å². The molecule has 0 bridgehead atoms. The first-order chi connectivity index (χ1) is 13.0. The number of aromatic amines is 1. The summed E-state index contributed by atoms with van der Waals surface area (Å²) in [5, 5.41) is 11.4. The molecule has 3 aromatic rings. The van der Waals surface area contributed by atoms with Gasteiger partial charge in [0, 0.05) is 0 Å². The molecule has 0 radical (unpaired) electrons. The lowest BCUT2D eigenvalue weighted by Gasteiger charge is -2.11. The van der Waals surface area contributed by atoms with E-state index in [0.717, 1.165) is 0 Å². The van der Waals surface area contributed by atoms with Crippen molar-refractivity contribution < 1.29 is 13.9 Å². The molecule has 0 unspecified atom stereocenters. The number of H-pyrrole nitrogens is 1. The standard InChI is InChI=1S/C18H16ClFN4O2S/c1-3-26-16-13(19)8-11(9-15(16)25-2)10-21-24-17(22-23-18(24)27)12-6-4-5-7-14(12)20/h4-10H,3H2,1-2H3,(H,23,27)/b21-10-. The van der Waals surface area contributed by atoms with Crippen LogP contribution in [-0.2, 0) is 0 Å². The van der Waals surface area contributed by atoms with E-state index in [-0.39, 0.29) is 16.2 Å². The van der Waals surface area contributed by atoms with Crippen LogP contribution in [0, 0.1) is 10.6 Å². The zero-order chi connectivity index (χ0) is 19.4. The molecule has 9 heteroatoms. The van der Waals surface area contributed by atoms with Crippen molar-refractivity contribution in [3.8, 4) is 22.9 Å². The topological polar surface area (TPSA) is 64.4 Å². The normalized spacial score (nSPS) is 11.1. The van der Waals surface area contributed by atoms with Gasteiger partial charge in [0.2, 0.25) is 4.77 Å². The third kappa shape index (κ3) is 4.01. The van der Waals surface area contributed by atoms with Crippen LogP contribution in [0.5, 0.6) is 11.5 Å². The Hall–Kier alpha value is -2.71. The second-order valence-corrected chi connectivity index (χ2v) is 6.15. The van der Waals surface area contributed by atoms with Crippen LogP contribution in [0.15, 0.2) is 41.5 Å². The number of rotatable bonds is 6. The van der Waals surface area contributed by atoms with E-state index in [0.29, 0.717) is 28.7 Å². The van der Waals surface area contributed by atoms with Crippen LogP contribution in [0.2, 0.25) is 5.02 Å². The Morgan fingerprint density at radius 3 is 2.85 bits per heavy atom. The summed E-state index contributed by atoms with van der Waals surface area (Å²) in [6, 6.07) is 9.67. The number of ether oxygens (including phenoxy) is 2. The van der Waals surface area contributed by atoms with Gasteiger partial charge < -0.3 is 9.47 Å². The summed E-state index contributed by atoms with van der Waals surface area (Å²) in [7, 11) is 1.53. The Balaban J connectivity index is 2.01. The monoisotopic (exact) mass is 406 g/mol. The summed E-state index contributed by atoms with van der Waals surface area (Å²) < 4.78 is 26.5. The van der Waals surface area contributed by atoms with E-state index in [9.17, 15) is 4.39 Å². The average Bonchev–Trinajstić information content (AvgIpc) is 3.02. The fourth-order valence-electron chi connectivity index (χ4n) is 2.44. The lowest BCUT2D eigenvalue weighted by atomic mass is 10.2. The Morgan fingerprint density at radius 2 is 2.15 bits per heavy atom. The summed E-state index contributed by atoms with van der Waals surface area (Å²) in [6.45, 7) is 2.32. The van der Waals surface area contributed by atoms with Crippen LogP contribution in [-0.4, -0.2) is 34.8 Å². The highest BCUT2D eigenvalue weighted by Crippen LogP contribution is 2.36. The molecule has 0 aliphatic carbocycles. The van der Waals surface area contributed by atoms with Crippen molar-refractivity contribution in [3.63, 3.8) is 0 Å². The summed E-state index contributed by atoms with van der Waals surface area (Å²) in [4.78, 5) is 0. The number of hydrogen-bond acceptors (Lipinski definition) is 5. The summed E-state index contributed by atoms with van der Waals surface area (Å²) >= 11 is 11.5. The molecule has 0 saturated heterocycles. The first kappa shape index (κ1) is 19.1. The van der Waals surface area contributed by atoms with E-state index < -0.39 is 5.82 Å². The van der Waals surface area contributed by atoms with E-state index >= 15 is 0 Å². The zero-order valence-electron chi connectivity index (χ0n) is 14.6. The lowest BCUT2D eigenvalue weighted by Crippen LogP contribution is -1.99. The van der Waals surface area contributed by atoms with Gasteiger partial charge in [0.05, 0.1) is 30.5 Å². The highest BCUT2D eigenvalue weighted by molar-refractivity contribution is 7.71. The summed E-state index contributed by atoms with van der Waals surface area (Å²) in [5.41, 5.74) is 0.937. The van der Waals surface area contributed by atoms with E-state index in [4.69, 9.17) is 33.3 Å². The van der Waals surface area contributed by atoms with Gasteiger partial charge in [0.25, 0.3) is 0 Å². The Labute approximate surface area is 165 Å². The maximum absolute atomic E-state index is 14.1. The Morgan fingerprint density at radius 1 is 1.37 bits per heavy atom. The molecule has 0 atom stereocenters. The fraction of sp³-hybridized carbons (Fsp3) is 0.167. The van der Waals surface area contributed by atoms with E-state index in [1.807, 2.05) is 6.92 Å². The van der Waals surface area contributed by atoms with Crippen LogP contribution in [0.1, 0.15) is 12.5 Å².